The summed E-state index contributed by atoms with van der Waals surface area (Å²) in [5.41, 5.74) is 1.75. The third-order valence-corrected chi connectivity index (χ3v) is 3.56. The van der Waals surface area contributed by atoms with E-state index in [1.807, 2.05) is 17.9 Å². The van der Waals surface area contributed by atoms with Crippen LogP contribution in [0.15, 0.2) is 12.3 Å². The van der Waals surface area contributed by atoms with Crippen LogP contribution in [0.1, 0.15) is 45.7 Å². The second-order valence-corrected chi connectivity index (χ2v) is 5.29. The van der Waals surface area contributed by atoms with Crippen LogP contribution in [0, 0.1) is 5.41 Å². The minimum Gasteiger partial charge on any atom is -0.316 e. The highest BCUT2D eigenvalue weighted by molar-refractivity contribution is 5.01. The lowest BCUT2D eigenvalue weighted by molar-refractivity contribution is 0.256. The van der Waals surface area contributed by atoms with E-state index in [9.17, 15) is 0 Å². The molecule has 3 nitrogen and oxygen atoms in total. The monoisotopic (exact) mass is 237 g/mol. The summed E-state index contributed by atoms with van der Waals surface area (Å²) in [6.45, 7) is 9.03. The summed E-state index contributed by atoms with van der Waals surface area (Å²) >= 11 is 0. The molecule has 0 saturated heterocycles. The maximum absolute atomic E-state index is 4.23. The first-order valence-corrected chi connectivity index (χ1v) is 6.79. The first-order chi connectivity index (χ1) is 8.11. The van der Waals surface area contributed by atoms with Gasteiger partial charge in [0.15, 0.2) is 0 Å². The van der Waals surface area contributed by atoms with Crippen molar-refractivity contribution in [2.75, 3.05) is 13.1 Å². The Balaban J connectivity index is 2.51. The largest absolute Gasteiger partial charge is 0.316 e. The van der Waals surface area contributed by atoms with Crippen LogP contribution >= 0.6 is 0 Å². The van der Waals surface area contributed by atoms with Crippen LogP contribution in [-0.4, -0.2) is 22.9 Å². The lowest BCUT2D eigenvalue weighted by Crippen LogP contribution is -2.32. The van der Waals surface area contributed by atoms with Gasteiger partial charge >= 0.3 is 0 Å². The van der Waals surface area contributed by atoms with Crippen molar-refractivity contribution in [2.24, 2.45) is 12.5 Å². The zero-order chi connectivity index (χ0) is 12.7. The van der Waals surface area contributed by atoms with Crippen LogP contribution in [0.4, 0.5) is 0 Å². The highest BCUT2D eigenvalue weighted by Gasteiger charge is 2.22. The molecular weight excluding hydrogens is 210 g/mol. The van der Waals surface area contributed by atoms with Crippen molar-refractivity contribution in [3.05, 3.63) is 18.0 Å². The Kier molecular flexibility index (Phi) is 5.69. The van der Waals surface area contributed by atoms with Gasteiger partial charge in [-0.1, -0.05) is 27.2 Å². The number of aromatic nitrogens is 2. The molecule has 17 heavy (non-hydrogen) atoms. The van der Waals surface area contributed by atoms with E-state index in [1.54, 1.807) is 0 Å². The van der Waals surface area contributed by atoms with Gasteiger partial charge in [-0.05, 0) is 37.3 Å². The fourth-order valence-electron chi connectivity index (χ4n) is 2.41. The van der Waals surface area contributed by atoms with Crippen LogP contribution < -0.4 is 5.32 Å². The fraction of sp³-hybridized carbons (Fsp3) is 0.786. The summed E-state index contributed by atoms with van der Waals surface area (Å²) in [7, 11) is 2.02. The zero-order valence-electron chi connectivity index (χ0n) is 11.8. The molecule has 0 fully saturated rings. The lowest BCUT2D eigenvalue weighted by Gasteiger charge is -2.29. The van der Waals surface area contributed by atoms with Crippen LogP contribution in [0.2, 0.25) is 0 Å². The van der Waals surface area contributed by atoms with Crippen molar-refractivity contribution in [3.63, 3.8) is 0 Å². The number of aryl methyl sites for hydroxylation is 2. The summed E-state index contributed by atoms with van der Waals surface area (Å²) in [6.07, 6.45) is 6.79. The van der Waals surface area contributed by atoms with Gasteiger partial charge in [-0.3, -0.25) is 4.68 Å². The molecule has 1 heterocycles. The summed E-state index contributed by atoms with van der Waals surface area (Å²) in [4.78, 5) is 0. The van der Waals surface area contributed by atoms with Crippen LogP contribution in [0.3, 0.4) is 0 Å². The van der Waals surface area contributed by atoms with Crippen LogP contribution in [0.5, 0.6) is 0 Å². The highest BCUT2D eigenvalue weighted by atomic mass is 15.2. The molecule has 0 bridgehead atoms. The molecule has 1 N–H and O–H groups in total. The van der Waals surface area contributed by atoms with Crippen molar-refractivity contribution in [1.29, 1.82) is 0 Å². The molecule has 98 valence electrons. The number of hydrogen-bond acceptors (Lipinski definition) is 2. The minimum absolute atomic E-state index is 0.412. The van der Waals surface area contributed by atoms with Crippen molar-refractivity contribution < 1.29 is 0 Å². The van der Waals surface area contributed by atoms with E-state index in [4.69, 9.17) is 0 Å². The van der Waals surface area contributed by atoms with E-state index in [2.05, 4.69) is 37.3 Å². The van der Waals surface area contributed by atoms with E-state index < -0.39 is 0 Å². The predicted molar refractivity (Wildman–Crippen MR) is 73.1 cm³/mol. The van der Waals surface area contributed by atoms with Crippen molar-refractivity contribution in [3.8, 4) is 0 Å². The fourth-order valence-corrected chi connectivity index (χ4v) is 2.41. The first kappa shape index (κ1) is 14.2. The molecule has 3 heteroatoms. The molecule has 1 aromatic heterocycles. The third-order valence-electron chi connectivity index (χ3n) is 3.56. The van der Waals surface area contributed by atoms with Crippen LogP contribution in [-0.2, 0) is 13.5 Å². The van der Waals surface area contributed by atoms with E-state index >= 15 is 0 Å². The topological polar surface area (TPSA) is 29.9 Å². The van der Waals surface area contributed by atoms with Gasteiger partial charge < -0.3 is 5.32 Å². The van der Waals surface area contributed by atoms with Gasteiger partial charge in [-0.2, -0.15) is 5.10 Å². The van der Waals surface area contributed by atoms with Crippen molar-refractivity contribution in [2.45, 2.75) is 46.5 Å². The minimum atomic E-state index is 0.412. The van der Waals surface area contributed by atoms with Gasteiger partial charge in [-0.15, -0.1) is 0 Å². The van der Waals surface area contributed by atoms with E-state index in [0.717, 1.165) is 19.5 Å². The molecule has 0 radical (unpaired) electrons. The molecule has 0 spiro atoms. The summed E-state index contributed by atoms with van der Waals surface area (Å²) in [5.74, 6) is 0. The Labute approximate surface area is 106 Å². The van der Waals surface area contributed by atoms with E-state index in [-0.39, 0.29) is 0 Å². The molecule has 0 aliphatic heterocycles. The number of hydrogen-bond donors (Lipinski definition) is 1. The molecule has 0 amide bonds. The average molecular weight is 237 g/mol. The Morgan fingerprint density at radius 1 is 1.35 bits per heavy atom. The predicted octanol–water partition coefficient (Wildman–Crippen LogP) is 2.77. The second-order valence-electron chi connectivity index (χ2n) is 5.29. The number of nitrogens with one attached hydrogen (secondary N) is 1. The van der Waals surface area contributed by atoms with E-state index in [1.165, 1.54) is 25.0 Å². The zero-order valence-corrected chi connectivity index (χ0v) is 11.8. The van der Waals surface area contributed by atoms with Gasteiger partial charge in [0.25, 0.3) is 0 Å². The number of nitrogens with zero attached hydrogens (tertiary/aromatic N) is 2. The maximum atomic E-state index is 4.23. The third kappa shape index (κ3) is 4.50. The van der Waals surface area contributed by atoms with Crippen molar-refractivity contribution >= 4 is 0 Å². The van der Waals surface area contributed by atoms with Gasteiger partial charge in [0, 0.05) is 25.5 Å². The standard InChI is InChI=1S/C14H27N3/c1-5-9-14(3,12-15-6-2)10-7-13-8-11-16-17(13)4/h8,11,15H,5-7,9-10,12H2,1-4H3. The van der Waals surface area contributed by atoms with Gasteiger partial charge in [-0.25, -0.2) is 0 Å². The average Bonchev–Trinajstić information content (AvgIpc) is 2.70. The molecule has 1 atom stereocenters. The highest BCUT2D eigenvalue weighted by Crippen LogP contribution is 2.28. The molecule has 0 aromatic carbocycles. The van der Waals surface area contributed by atoms with Crippen LogP contribution in [0.25, 0.3) is 0 Å². The van der Waals surface area contributed by atoms with Gasteiger partial charge in [0.2, 0.25) is 0 Å². The Morgan fingerprint density at radius 3 is 2.65 bits per heavy atom. The Hall–Kier alpha value is -0.830. The summed E-state index contributed by atoms with van der Waals surface area (Å²) < 4.78 is 1.99. The Bertz CT molecular complexity index is 319. The molecular formula is C14H27N3. The molecule has 1 rings (SSSR count). The van der Waals surface area contributed by atoms with Gasteiger partial charge in [0.1, 0.15) is 0 Å². The Morgan fingerprint density at radius 2 is 2.12 bits per heavy atom. The maximum Gasteiger partial charge on any atom is 0.0492 e. The molecule has 0 saturated carbocycles. The molecule has 1 aromatic rings. The van der Waals surface area contributed by atoms with Crippen molar-refractivity contribution in [1.82, 2.24) is 15.1 Å². The smallest absolute Gasteiger partial charge is 0.0492 e. The number of rotatable bonds is 8. The SMILES string of the molecule is CCCC(C)(CCc1ccnn1C)CNCC. The molecule has 0 aliphatic carbocycles. The first-order valence-electron chi connectivity index (χ1n) is 6.79. The van der Waals surface area contributed by atoms with Gasteiger partial charge in [0.05, 0.1) is 0 Å². The van der Waals surface area contributed by atoms with E-state index in [0.29, 0.717) is 5.41 Å². The second kappa shape index (κ2) is 6.80. The molecule has 1 unspecified atom stereocenters. The summed E-state index contributed by atoms with van der Waals surface area (Å²) in [5, 5.41) is 7.72. The lowest BCUT2D eigenvalue weighted by atomic mass is 9.80. The normalized spacial score (nSPS) is 14.8. The summed E-state index contributed by atoms with van der Waals surface area (Å²) in [6, 6.07) is 2.12. The molecule has 0 aliphatic rings. The quantitative estimate of drug-likeness (QED) is 0.753.